The normalized spacial score (nSPS) is 20.6. The zero-order valence-electron chi connectivity index (χ0n) is 19.9. The van der Waals surface area contributed by atoms with Gasteiger partial charge in [-0.15, -0.1) is 12.4 Å². The molecule has 8 nitrogen and oxygen atoms in total. The largest absolute Gasteiger partial charge is 0.490 e. The van der Waals surface area contributed by atoms with Crippen LogP contribution in [-0.4, -0.2) is 65.9 Å². The van der Waals surface area contributed by atoms with E-state index < -0.39 is 11.6 Å². The van der Waals surface area contributed by atoms with Gasteiger partial charge in [-0.25, -0.2) is 23.5 Å². The minimum absolute atomic E-state index is 0. The maximum atomic E-state index is 14.2. The van der Waals surface area contributed by atoms with Crippen molar-refractivity contribution in [3.05, 3.63) is 47.8 Å². The summed E-state index contributed by atoms with van der Waals surface area (Å²) < 4.78 is 38.9. The summed E-state index contributed by atoms with van der Waals surface area (Å²) in [6, 6.07) is 3.07. The van der Waals surface area contributed by atoms with E-state index in [1.54, 1.807) is 17.3 Å². The van der Waals surface area contributed by atoms with E-state index in [4.69, 9.17) is 15.2 Å². The number of amides is 1. The molecule has 0 bridgehead atoms. The molecular formula is C24H32ClF2N5O3. The highest BCUT2D eigenvalue weighted by Gasteiger charge is 2.34. The van der Waals surface area contributed by atoms with Crippen LogP contribution in [0.4, 0.5) is 19.5 Å². The second-order valence-electron chi connectivity index (χ2n) is 9.23. The Kier molecular flexibility index (Phi) is 9.07. The lowest BCUT2D eigenvalue weighted by atomic mass is 9.94. The van der Waals surface area contributed by atoms with Crippen molar-refractivity contribution in [2.75, 3.05) is 37.7 Å². The van der Waals surface area contributed by atoms with Crippen LogP contribution < -0.4 is 15.4 Å². The van der Waals surface area contributed by atoms with E-state index in [-0.39, 0.29) is 42.1 Å². The van der Waals surface area contributed by atoms with Gasteiger partial charge in [-0.2, -0.15) is 0 Å². The van der Waals surface area contributed by atoms with Crippen molar-refractivity contribution in [2.45, 2.75) is 44.8 Å². The summed E-state index contributed by atoms with van der Waals surface area (Å²) >= 11 is 0. The van der Waals surface area contributed by atoms with Crippen LogP contribution in [0, 0.1) is 17.6 Å². The summed E-state index contributed by atoms with van der Waals surface area (Å²) in [7, 11) is 0. The van der Waals surface area contributed by atoms with E-state index in [0.717, 1.165) is 25.0 Å². The maximum Gasteiger partial charge on any atom is 0.410 e. The highest BCUT2D eigenvalue weighted by Crippen LogP contribution is 2.31. The van der Waals surface area contributed by atoms with Gasteiger partial charge in [-0.1, -0.05) is 0 Å². The van der Waals surface area contributed by atoms with Crippen molar-refractivity contribution in [3.63, 3.8) is 0 Å². The smallest absolute Gasteiger partial charge is 0.410 e. The molecule has 0 saturated carbocycles. The Labute approximate surface area is 210 Å². The van der Waals surface area contributed by atoms with Crippen LogP contribution in [0.5, 0.6) is 5.75 Å². The van der Waals surface area contributed by atoms with Gasteiger partial charge in [0.25, 0.3) is 0 Å². The van der Waals surface area contributed by atoms with Crippen molar-refractivity contribution in [3.8, 4) is 5.75 Å². The Hall–Kier alpha value is -2.72. The summed E-state index contributed by atoms with van der Waals surface area (Å²) in [5.41, 5.74) is 6.50. The molecule has 2 saturated heterocycles. The number of nitrogens with two attached hydrogens (primary N) is 1. The first-order valence-electron chi connectivity index (χ1n) is 11.7. The quantitative estimate of drug-likeness (QED) is 0.631. The lowest BCUT2D eigenvalue weighted by molar-refractivity contribution is 0.0608. The summed E-state index contributed by atoms with van der Waals surface area (Å²) in [5, 5.41) is 0. The third kappa shape index (κ3) is 6.70. The molecule has 2 aliphatic heterocycles. The minimum atomic E-state index is -0.485. The summed E-state index contributed by atoms with van der Waals surface area (Å²) in [5.74, 6) is 0.0675. The monoisotopic (exact) mass is 511 g/mol. The van der Waals surface area contributed by atoms with E-state index >= 15 is 0 Å². The average Bonchev–Trinajstić information content (AvgIpc) is 3.21. The van der Waals surface area contributed by atoms with E-state index in [0.29, 0.717) is 50.4 Å². The number of ether oxygens (including phenoxy) is 2. The zero-order chi connectivity index (χ0) is 24.2. The summed E-state index contributed by atoms with van der Waals surface area (Å²) in [6.07, 6.45) is 4.52. The van der Waals surface area contributed by atoms with Crippen molar-refractivity contribution in [1.82, 2.24) is 14.9 Å². The molecule has 0 radical (unpaired) electrons. The second-order valence-corrected chi connectivity index (χ2v) is 9.23. The Morgan fingerprint density at radius 3 is 2.51 bits per heavy atom. The molecular weight excluding hydrogens is 480 g/mol. The lowest BCUT2D eigenvalue weighted by Crippen LogP contribution is -2.40. The number of carbonyl (C=O) groups is 1. The summed E-state index contributed by atoms with van der Waals surface area (Å²) in [6.45, 7) is 6.34. The SMILES string of the molecule is CC(C)OC(=O)N1CCC(COc2cnc(N3C[C@H](c4cc(F)ccc4F)[C@@H](N)C3)nc2)CC1.Cl. The molecule has 4 rings (SSSR count). The van der Waals surface area contributed by atoms with Crippen molar-refractivity contribution >= 4 is 24.4 Å². The Balaban J connectivity index is 0.00000342. The molecule has 1 aromatic heterocycles. The number of rotatable bonds is 6. The standard InChI is InChI=1S/C24H31F2N5O3.ClH/c1-15(2)34-24(32)30-7-5-16(6-8-30)14-33-18-10-28-23(29-11-18)31-12-20(22(27)13-31)19-9-17(25)3-4-21(19)26;/h3-4,9-11,15-16,20,22H,5-8,12-14,27H2,1-2H3;1H/t20-,22+;/m1./s1. The van der Waals surface area contributed by atoms with E-state index in [2.05, 4.69) is 9.97 Å². The number of aromatic nitrogens is 2. The first-order valence-corrected chi connectivity index (χ1v) is 11.7. The fourth-order valence-corrected chi connectivity index (χ4v) is 4.44. The molecule has 0 spiro atoms. The van der Waals surface area contributed by atoms with Crippen molar-refractivity contribution in [2.24, 2.45) is 11.7 Å². The maximum absolute atomic E-state index is 14.2. The number of benzene rings is 1. The van der Waals surface area contributed by atoms with E-state index in [9.17, 15) is 13.6 Å². The van der Waals surface area contributed by atoms with Crippen LogP contribution in [0.2, 0.25) is 0 Å². The average molecular weight is 512 g/mol. The van der Waals surface area contributed by atoms with Crippen LogP contribution in [0.1, 0.15) is 38.2 Å². The van der Waals surface area contributed by atoms with Crippen molar-refractivity contribution in [1.29, 1.82) is 0 Å². The minimum Gasteiger partial charge on any atom is -0.490 e. The van der Waals surface area contributed by atoms with Crippen LogP contribution >= 0.6 is 12.4 Å². The number of hydrogen-bond donors (Lipinski definition) is 1. The van der Waals surface area contributed by atoms with Gasteiger partial charge >= 0.3 is 6.09 Å². The van der Waals surface area contributed by atoms with Gasteiger partial charge in [0, 0.05) is 38.1 Å². The summed E-state index contributed by atoms with van der Waals surface area (Å²) in [4.78, 5) is 24.4. The molecule has 1 amide bonds. The number of piperidine rings is 1. The van der Waals surface area contributed by atoms with Gasteiger partial charge in [0.1, 0.15) is 11.6 Å². The Bertz CT molecular complexity index is 990. The highest BCUT2D eigenvalue weighted by molar-refractivity contribution is 5.85. The number of nitrogens with zero attached hydrogens (tertiary/aromatic N) is 4. The third-order valence-electron chi connectivity index (χ3n) is 6.31. The molecule has 35 heavy (non-hydrogen) atoms. The first kappa shape index (κ1) is 26.9. The highest BCUT2D eigenvalue weighted by atomic mass is 35.5. The van der Waals surface area contributed by atoms with Crippen LogP contribution in [0.15, 0.2) is 30.6 Å². The lowest BCUT2D eigenvalue weighted by Gasteiger charge is -2.31. The zero-order valence-corrected chi connectivity index (χ0v) is 20.7. The van der Waals surface area contributed by atoms with E-state index in [1.807, 2.05) is 18.7 Å². The van der Waals surface area contributed by atoms with Gasteiger partial charge in [-0.05, 0) is 56.4 Å². The molecule has 2 atom stereocenters. The first-order chi connectivity index (χ1) is 16.3. The molecule has 3 heterocycles. The number of anilines is 1. The Morgan fingerprint density at radius 2 is 1.86 bits per heavy atom. The third-order valence-corrected chi connectivity index (χ3v) is 6.31. The second kappa shape index (κ2) is 11.8. The molecule has 192 valence electrons. The molecule has 11 heteroatoms. The fourth-order valence-electron chi connectivity index (χ4n) is 4.44. The molecule has 2 N–H and O–H groups in total. The van der Waals surface area contributed by atoms with Crippen LogP contribution in [0.3, 0.4) is 0 Å². The number of carbonyl (C=O) groups excluding carboxylic acids is 1. The fraction of sp³-hybridized carbons (Fsp3) is 0.542. The molecule has 2 aromatic rings. The predicted molar refractivity (Wildman–Crippen MR) is 130 cm³/mol. The predicted octanol–water partition coefficient (Wildman–Crippen LogP) is 3.74. The van der Waals surface area contributed by atoms with Gasteiger partial charge in [-0.3, -0.25) is 0 Å². The van der Waals surface area contributed by atoms with Gasteiger partial charge in [0.2, 0.25) is 5.95 Å². The van der Waals surface area contributed by atoms with Gasteiger partial charge in [0.15, 0.2) is 5.75 Å². The van der Waals surface area contributed by atoms with Crippen LogP contribution in [0.25, 0.3) is 0 Å². The number of likely N-dealkylation sites (tertiary alicyclic amines) is 1. The molecule has 1 aromatic carbocycles. The molecule has 0 aliphatic carbocycles. The van der Waals surface area contributed by atoms with Gasteiger partial charge in [0.05, 0.1) is 25.1 Å². The van der Waals surface area contributed by atoms with Crippen LogP contribution in [-0.2, 0) is 4.74 Å². The van der Waals surface area contributed by atoms with Crippen molar-refractivity contribution < 1.29 is 23.0 Å². The number of halogens is 3. The topological polar surface area (TPSA) is 93.8 Å². The van der Waals surface area contributed by atoms with Gasteiger partial charge < -0.3 is 25.0 Å². The molecule has 0 unspecified atom stereocenters. The molecule has 2 fully saturated rings. The molecule has 2 aliphatic rings. The van der Waals surface area contributed by atoms with E-state index in [1.165, 1.54) is 6.07 Å². The Morgan fingerprint density at radius 1 is 1.17 bits per heavy atom. The number of hydrogen-bond acceptors (Lipinski definition) is 7.